The van der Waals surface area contributed by atoms with Crippen LogP contribution in [0.1, 0.15) is 42.4 Å². The van der Waals surface area contributed by atoms with Crippen molar-refractivity contribution in [3.05, 3.63) is 71.3 Å². The van der Waals surface area contributed by atoms with E-state index in [1.807, 2.05) is 54.6 Å². The lowest BCUT2D eigenvalue weighted by molar-refractivity contribution is -0.128. The van der Waals surface area contributed by atoms with Gasteiger partial charge in [0.2, 0.25) is 11.8 Å². The van der Waals surface area contributed by atoms with Crippen molar-refractivity contribution in [2.75, 3.05) is 6.54 Å². The predicted octanol–water partition coefficient (Wildman–Crippen LogP) is 3.33. The lowest BCUT2D eigenvalue weighted by atomic mass is 10.1. The summed E-state index contributed by atoms with van der Waals surface area (Å²) in [4.78, 5) is 23.9. The van der Waals surface area contributed by atoms with Crippen molar-refractivity contribution < 1.29 is 14.3 Å². The highest BCUT2D eigenvalue weighted by Crippen LogP contribution is 2.24. The number of hydrogen-bond acceptors (Lipinski definition) is 3. The van der Waals surface area contributed by atoms with Crippen molar-refractivity contribution in [3.8, 4) is 0 Å². The summed E-state index contributed by atoms with van der Waals surface area (Å²) in [5.74, 6) is -0.0708. The first-order valence-corrected chi connectivity index (χ1v) is 9.94. The van der Waals surface area contributed by atoms with Gasteiger partial charge in [0, 0.05) is 12.5 Å². The largest absolute Gasteiger partial charge is 0.372 e. The van der Waals surface area contributed by atoms with Crippen molar-refractivity contribution in [1.82, 2.24) is 10.6 Å². The number of carbonyl (C=O) groups is 2. The highest BCUT2D eigenvalue weighted by atomic mass is 16.5. The predicted molar refractivity (Wildman–Crippen MR) is 108 cm³/mol. The van der Waals surface area contributed by atoms with E-state index in [4.69, 9.17) is 4.74 Å². The lowest BCUT2D eigenvalue weighted by Gasteiger charge is -2.11. The highest BCUT2D eigenvalue weighted by molar-refractivity contribution is 5.85. The van der Waals surface area contributed by atoms with Crippen LogP contribution in [0.5, 0.6) is 0 Å². The van der Waals surface area contributed by atoms with Gasteiger partial charge in [0.25, 0.3) is 0 Å². The Balaban J connectivity index is 1.33. The van der Waals surface area contributed by atoms with E-state index in [9.17, 15) is 9.59 Å². The highest BCUT2D eigenvalue weighted by Gasteiger charge is 2.22. The molecular weight excluding hydrogens is 352 g/mol. The van der Waals surface area contributed by atoms with E-state index in [1.165, 1.54) is 0 Å². The Morgan fingerprint density at radius 2 is 1.43 bits per heavy atom. The van der Waals surface area contributed by atoms with Crippen molar-refractivity contribution in [2.24, 2.45) is 5.92 Å². The van der Waals surface area contributed by atoms with Gasteiger partial charge >= 0.3 is 0 Å². The maximum atomic E-state index is 11.9. The van der Waals surface area contributed by atoms with Crippen molar-refractivity contribution in [1.29, 1.82) is 0 Å². The molecule has 2 amide bonds. The SMILES string of the molecule is O=C(CNC(=O)C1CCCC1)NCc1ccc(COCc2ccccc2)cc1. The minimum absolute atomic E-state index is 0.00695. The van der Waals surface area contributed by atoms with Crippen LogP contribution in [0.2, 0.25) is 0 Å². The third-order valence-electron chi connectivity index (χ3n) is 5.04. The second kappa shape index (κ2) is 10.6. The first kappa shape index (κ1) is 20.1. The van der Waals surface area contributed by atoms with E-state index in [-0.39, 0.29) is 24.3 Å². The summed E-state index contributed by atoms with van der Waals surface area (Å²) in [5.41, 5.74) is 3.26. The molecule has 0 unspecified atom stereocenters. The van der Waals surface area contributed by atoms with Gasteiger partial charge in [0.05, 0.1) is 19.8 Å². The molecule has 0 bridgehead atoms. The van der Waals surface area contributed by atoms with Crippen LogP contribution in [0.4, 0.5) is 0 Å². The second-order valence-electron chi connectivity index (χ2n) is 7.27. The van der Waals surface area contributed by atoms with E-state index in [0.29, 0.717) is 19.8 Å². The zero-order valence-electron chi connectivity index (χ0n) is 16.2. The molecule has 2 aromatic rings. The van der Waals surface area contributed by atoms with E-state index in [0.717, 1.165) is 42.4 Å². The Labute approximate surface area is 166 Å². The molecule has 1 fully saturated rings. The summed E-state index contributed by atoms with van der Waals surface area (Å²) >= 11 is 0. The molecule has 0 heterocycles. The van der Waals surface area contributed by atoms with Crippen LogP contribution in [0, 0.1) is 5.92 Å². The van der Waals surface area contributed by atoms with Crippen LogP contribution in [0.3, 0.4) is 0 Å². The molecule has 0 atom stereocenters. The molecule has 0 aromatic heterocycles. The van der Waals surface area contributed by atoms with Gasteiger partial charge in [-0.1, -0.05) is 67.4 Å². The van der Waals surface area contributed by atoms with E-state index < -0.39 is 0 Å². The van der Waals surface area contributed by atoms with Gasteiger partial charge in [-0.05, 0) is 29.5 Å². The maximum absolute atomic E-state index is 11.9. The Bertz CT molecular complexity index is 753. The monoisotopic (exact) mass is 380 g/mol. The van der Waals surface area contributed by atoms with Crippen LogP contribution in [0.15, 0.2) is 54.6 Å². The van der Waals surface area contributed by atoms with Crippen LogP contribution in [-0.2, 0) is 34.1 Å². The summed E-state index contributed by atoms with van der Waals surface area (Å²) < 4.78 is 5.73. The Kier molecular flexibility index (Phi) is 7.62. The van der Waals surface area contributed by atoms with Gasteiger partial charge in [0.1, 0.15) is 0 Å². The number of amides is 2. The van der Waals surface area contributed by atoms with Crippen LogP contribution < -0.4 is 10.6 Å². The molecule has 1 saturated carbocycles. The van der Waals surface area contributed by atoms with E-state index in [2.05, 4.69) is 10.6 Å². The standard InChI is InChI=1S/C23H28N2O3/c26-22(15-25-23(27)21-8-4-5-9-21)24-14-18-10-12-20(13-11-18)17-28-16-19-6-2-1-3-7-19/h1-3,6-7,10-13,21H,4-5,8-9,14-17H2,(H,24,26)(H,25,27). The summed E-state index contributed by atoms with van der Waals surface area (Å²) in [6, 6.07) is 18.1. The minimum atomic E-state index is -0.165. The molecule has 28 heavy (non-hydrogen) atoms. The van der Waals surface area contributed by atoms with Crippen molar-refractivity contribution in [3.63, 3.8) is 0 Å². The number of nitrogens with one attached hydrogen (secondary N) is 2. The normalized spacial score (nSPS) is 14.0. The van der Waals surface area contributed by atoms with Gasteiger partial charge < -0.3 is 15.4 Å². The number of hydrogen-bond donors (Lipinski definition) is 2. The number of benzene rings is 2. The molecule has 5 heteroatoms. The zero-order chi connectivity index (χ0) is 19.6. The smallest absolute Gasteiger partial charge is 0.239 e. The summed E-state index contributed by atoms with van der Waals surface area (Å²) in [7, 11) is 0. The van der Waals surface area contributed by atoms with Crippen molar-refractivity contribution >= 4 is 11.8 Å². The molecule has 1 aliphatic rings. The molecule has 0 spiro atoms. The first-order chi connectivity index (χ1) is 13.7. The Morgan fingerprint density at radius 1 is 0.821 bits per heavy atom. The van der Waals surface area contributed by atoms with E-state index in [1.54, 1.807) is 0 Å². The van der Waals surface area contributed by atoms with Gasteiger partial charge in [-0.15, -0.1) is 0 Å². The fraction of sp³-hybridized carbons (Fsp3) is 0.391. The molecule has 5 nitrogen and oxygen atoms in total. The molecule has 2 aromatic carbocycles. The average Bonchev–Trinajstić information content (AvgIpc) is 3.27. The summed E-state index contributed by atoms with van der Waals surface area (Å²) in [6.07, 6.45) is 4.10. The molecule has 148 valence electrons. The summed E-state index contributed by atoms with van der Waals surface area (Å²) in [5, 5.41) is 5.58. The van der Waals surface area contributed by atoms with Gasteiger partial charge in [0.15, 0.2) is 0 Å². The molecule has 2 N–H and O–H groups in total. The molecule has 0 saturated heterocycles. The van der Waals surface area contributed by atoms with Crippen LogP contribution in [-0.4, -0.2) is 18.4 Å². The van der Waals surface area contributed by atoms with Gasteiger partial charge in [-0.2, -0.15) is 0 Å². The number of ether oxygens (including phenoxy) is 1. The Hall–Kier alpha value is -2.66. The number of rotatable bonds is 9. The molecule has 0 radical (unpaired) electrons. The fourth-order valence-corrected chi connectivity index (χ4v) is 3.38. The second-order valence-corrected chi connectivity index (χ2v) is 7.27. The maximum Gasteiger partial charge on any atom is 0.239 e. The van der Waals surface area contributed by atoms with Gasteiger partial charge in [-0.3, -0.25) is 9.59 Å². The first-order valence-electron chi connectivity index (χ1n) is 9.94. The van der Waals surface area contributed by atoms with Crippen molar-refractivity contribution in [2.45, 2.75) is 45.4 Å². The average molecular weight is 380 g/mol. The topological polar surface area (TPSA) is 67.4 Å². The molecule has 3 rings (SSSR count). The molecular formula is C23H28N2O3. The zero-order valence-corrected chi connectivity index (χ0v) is 16.2. The van der Waals surface area contributed by atoms with Gasteiger partial charge in [-0.25, -0.2) is 0 Å². The third kappa shape index (κ3) is 6.50. The molecule has 1 aliphatic carbocycles. The third-order valence-corrected chi connectivity index (χ3v) is 5.04. The summed E-state index contributed by atoms with van der Waals surface area (Å²) in [6.45, 7) is 1.63. The van der Waals surface area contributed by atoms with Crippen LogP contribution >= 0.6 is 0 Å². The Morgan fingerprint density at radius 3 is 2.11 bits per heavy atom. The van der Waals surface area contributed by atoms with E-state index >= 15 is 0 Å². The van der Waals surface area contributed by atoms with Crippen LogP contribution in [0.25, 0.3) is 0 Å². The minimum Gasteiger partial charge on any atom is -0.372 e. The lowest BCUT2D eigenvalue weighted by Crippen LogP contribution is -2.38. The number of carbonyl (C=O) groups excluding carboxylic acids is 2. The quantitative estimate of drug-likeness (QED) is 0.701. The molecule has 0 aliphatic heterocycles. The fourth-order valence-electron chi connectivity index (χ4n) is 3.38.